The first kappa shape index (κ1) is 23.3. The van der Waals surface area contributed by atoms with E-state index in [2.05, 4.69) is 37.9 Å². The number of quaternary nitrogens is 2. The molecule has 3 N–H and O–H groups in total. The predicted octanol–water partition coefficient (Wildman–Crippen LogP) is -0.0268. The van der Waals surface area contributed by atoms with Crippen LogP contribution in [0.25, 0.3) is 0 Å². The third-order valence-corrected chi connectivity index (χ3v) is 6.00. The predicted molar refractivity (Wildman–Crippen MR) is 113 cm³/mol. The lowest BCUT2D eigenvalue weighted by Gasteiger charge is -2.36. The minimum absolute atomic E-state index is 0.107. The third kappa shape index (κ3) is 7.08. The number of benzene rings is 1. The highest BCUT2D eigenvalue weighted by molar-refractivity contribution is 5.91. The number of rotatable bonds is 9. The molecule has 0 radical (unpaired) electrons. The van der Waals surface area contributed by atoms with Gasteiger partial charge in [0.05, 0.1) is 0 Å². The average Bonchev–Trinajstić information content (AvgIpc) is 2.69. The van der Waals surface area contributed by atoms with E-state index in [1.165, 1.54) is 21.9 Å². The summed E-state index contributed by atoms with van der Waals surface area (Å²) in [5, 5.41) is 2.76. The number of hydrogen-bond donors (Lipinski definition) is 3. The Labute approximate surface area is 174 Å². The molecule has 6 nitrogen and oxygen atoms in total. The molecule has 2 rings (SSSR count). The molecule has 2 amide bonds. The van der Waals surface area contributed by atoms with Gasteiger partial charge in [-0.05, 0) is 44.9 Å². The van der Waals surface area contributed by atoms with Crippen LogP contribution in [0.5, 0.6) is 0 Å². The Balaban J connectivity index is 1.79. The molecule has 0 bridgehead atoms. The highest BCUT2D eigenvalue weighted by atomic mass is 19.1. The molecular formula is C22H37FN4O2+2. The van der Waals surface area contributed by atoms with E-state index >= 15 is 0 Å². The van der Waals surface area contributed by atoms with Crippen molar-refractivity contribution in [2.45, 2.75) is 52.6 Å². The van der Waals surface area contributed by atoms with Crippen LogP contribution in [0.15, 0.2) is 24.3 Å². The maximum Gasteiger partial charge on any atom is 0.279 e. The van der Waals surface area contributed by atoms with E-state index < -0.39 is 0 Å². The van der Waals surface area contributed by atoms with Crippen molar-refractivity contribution in [1.29, 1.82) is 0 Å². The summed E-state index contributed by atoms with van der Waals surface area (Å²) in [7, 11) is 0. The molecule has 7 heteroatoms. The maximum atomic E-state index is 13.2. The zero-order valence-corrected chi connectivity index (χ0v) is 18.3. The smallest absolute Gasteiger partial charge is 0.279 e. The van der Waals surface area contributed by atoms with E-state index in [1.807, 2.05) is 0 Å². The Hall–Kier alpha value is -1.99. The van der Waals surface area contributed by atoms with Crippen LogP contribution in [-0.4, -0.2) is 68.1 Å². The second-order valence-electron chi connectivity index (χ2n) is 8.23. The van der Waals surface area contributed by atoms with Crippen LogP contribution < -0.4 is 15.1 Å². The summed E-state index contributed by atoms with van der Waals surface area (Å²) in [6, 6.07) is 6.46. The standard InChI is InChI=1S/C22H35FN4O2/c1-5-17(3)27(18(4)6-2)22(29)16-26-12-10-25(11-13-26)15-21(28)24-20-9-7-8-19(23)14-20/h7-9,14,17-18H,5-6,10-13,15-16H2,1-4H3,(H,24,28)/p+2/t17-,18-/m1/s1. The molecule has 0 aromatic heterocycles. The van der Waals surface area contributed by atoms with Crippen molar-refractivity contribution in [1.82, 2.24) is 4.90 Å². The fourth-order valence-electron chi connectivity index (χ4n) is 3.93. The first-order valence-electron chi connectivity index (χ1n) is 10.9. The van der Waals surface area contributed by atoms with Crippen molar-refractivity contribution in [3.63, 3.8) is 0 Å². The Morgan fingerprint density at radius 1 is 1.03 bits per heavy atom. The fourth-order valence-corrected chi connectivity index (χ4v) is 3.93. The Morgan fingerprint density at radius 3 is 2.10 bits per heavy atom. The molecule has 1 aliphatic rings. The SMILES string of the molecule is CC[C@@H](C)N(C(=O)C[NH+]1CC[NH+](CC(=O)Nc2cccc(F)c2)CC1)[C@H](C)CC. The number of nitrogens with one attached hydrogen (secondary N) is 3. The molecule has 1 aromatic carbocycles. The second kappa shape index (κ2) is 11.3. The number of halogens is 1. The van der Waals surface area contributed by atoms with Crippen molar-refractivity contribution in [3.8, 4) is 0 Å². The summed E-state index contributed by atoms with van der Waals surface area (Å²) in [6.07, 6.45) is 1.92. The quantitative estimate of drug-likeness (QED) is 0.538. The van der Waals surface area contributed by atoms with Crippen LogP contribution >= 0.6 is 0 Å². The number of amides is 2. The molecule has 1 fully saturated rings. The van der Waals surface area contributed by atoms with Gasteiger partial charge in [0.1, 0.15) is 32.0 Å². The maximum absolute atomic E-state index is 13.2. The van der Waals surface area contributed by atoms with Gasteiger partial charge in [-0.1, -0.05) is 19.9 Å². The number of anilines is 1. The van der Waals surface area contributed by atoms with Gasteiger partial charge in [-0.2, -0.15) is 0 Å². The summed E-state index contributed by atoms with van der Waals surface area (Å²) in [4.78, 5) is 29.7. The van der Waals surface area contributed by atoms with E-state index in [-0.39, 0.29) is 29.7 Å². The largest absolute Gasteiger partial charge is 0.332 e. The average molecular weight is 409 g/mol. The summed E-state index contributed by atoms with van der Waals surface area (Å²) < 4.78 is 13.2. The zero-order chi connectivity index (χ0) is 21.4. The third-order valence-electron chi connectivity index (χ3n) is 6.00. The highest BCUT2D eigenvalue weighted by Crippen LogP contribution is 2.11. The van der Waals surface area contributed by atoms with Crippen LogP contribution in [0.1, 0.15) is 40.5 Å². The number of hydrogen-bond acceptors (Lipinski definition) is 2. The molecule has 0 unspecified atom stereocenters. The van der Waals surface area contributed by atoms with Crippen molar-refractivity contribution >= 4 is 17.5 Å². The number of carbonyl (C=O) groups is 2. The van der Waals surface area contributed by atoms with Crippen LogP contribution in [0, 0.1) is 5.82 Å². The van der Waals surface area contributed by atoms with Gasteiger partial charge in [0, 0.05) is 17.8 Å². The summed E-state index contributed by atoms with van der Waals surface area (Å²) in [5.41, 5.74) is 0.486. The zero-order valence-electron chi connectivity index (χ0n) is 18.3. The molecule has 1 aromatic rings. The first-order chi connectivity index (χ1) is 13.8. The molecule has 0 aliphatic carbocycles. The summed E-state index contributed by atoms with van der Waals surface area (Å²) >= 11 is 0. The van der Waals surface area contributed by atoms with Crippen LogP contribution in [0.3, 0.4) is 0 Å². The summed E-state index contributed by atoms with van der Waals surface area (Å²) in [5.74, 6) is -0.235. The van der Waals surface area contributed by atoms with Gasteiger partial charge in [-0.15, -0.1) is 0 Å². The molecule has 1 heterocycles. The minimum Gasteiger partial charge on any atom is -0.332 e. The normalized spacial score (nSPS) is 21.3. The van der Waals surface area contributed by atoms with Crippen molar-refractivity contribution in [2.24, 2.45) is 0 Å². The van der Waals surface area contributed by atoms with Crippen molar-refractivity contribution in [3.05, 3.63) is 30.1 Å². The molecule has 162 valence electrons. The Morgan fingerprint density at radius 2 is 1.59 bits per heavy atom. The van der Waals surface area contributed by atoms with E-state index in [9.17, 15) is 14.0 Å². The molecule has 0 spiro atoms. The van der Waals surface area contributed by atoms with Gasteiger partial charge >= 0.3 is 0 Å². The van der Waals surface area contributed by atoms with E-state index in [0.717, 1.165) is 39.0 Å². The van der Waals surface area contributed by atoms with Crippen molar-refractivity contribution in [2.75, 3.05) is 44.6 Å². The monoisotopic (exact) mass is 408 g/mol. The first-order valence-corrected chi connectivity index (χ1v) is 10.9. The lowest BCUT2D eigenvalue weighted by molar-refractivity contribution is -1.00. The van der Waals surface area contributed by atoms with E-state index in [0.29, 0.717) is 18.8 Å². The Kier molecular flexibility index (Phi) is 9.04. The number of piperazine rings is 1. The van der Waals surface area contributed by atoms with Gasteiger partial charge in [-0.3, -0.25) is 9.59 Å². The van der Waals surface area contributed by atoms with Gasteiger partial charge in [0.25, 0.3) is 11.8 Å². The van der Waals surface area contributed by atoms with Gasteiger partial charge in [0.2, 0.25) is 0 Å². The summed E-state index contributed by atoms with van der Waals surface area (Å²) in [6.45, 7) is 12.8. The van der Waals surface area contributed by atoms with Gasteiger partial charge < -0.3 is 20.0 Å². The second-order valence-corrected chi connectivity index (χ2v) is 8.23. The van der Waals surface area contributed by atoms with Gasteiger partial charge in [-0.25, -0.2) is 4.39 Å². The van der Waals surface area contributed by atoms with Gasteiger partial charge in [0.15, 0.2) is 13.1 Å². The molecule has 2 atom stereocenters. The molecule has 0 saturated carbocycles. The molecular weight excluding hydrogens is 371 g/mol. The number of carbonyl (C=O) groups excluding carboxylic acids is 2. The fraction of sp³-hybridized carbons (Fsp3) is 0.636. The molecule has 1 saturated heterocycles. The van der Waals surface area contributed by atoms with E-state index in [4.69, 9.17) is 0 Å². The Bertz CT molecular complexity index is 667. The lowest BCUT2D eigenvalue weighted by atomic mass is 10.1. The highest BCUT2D eigenvalue weighted by Gasteiger charge is 2.30. The van der Waals surface area contributed by atoms with Crippen LogP contribution in [0.2, 0.25) is 0 Å². The lowest BCUT2D eigenvalue weighted by Crippen LogP contribution is -3.28. The molecule has 29 heavy (non-hydrogen) atoms. The van der Waals surface area contributed by atoms with Crippen molar-refractivity contribution < 1.29 is 23.8 Å². The minimum atomic E-state index is -0.360. The molecule has 1 aliphatic heterocycles. The van der Waals surface area contributed by atoms with E-state index in [1.54, 1.807) is 12.1 Å². The number of nitrogens with zero attached hydrogens (tertiary/aromatic N) is 1. The van der Waals surface area contributed by atoms with Crippen LogP contribution in [0.4, 0.5) is 10.1 Å². The van der Waals surface area contributed by atoms with Crippen LogP contribution in [-0.2, 0) is 9.59 Å². The topological polar surface area (TPSA) is 58.3 Å².